The molecule has 0 bridgehead atoms. The Bertz CT molecular complexity index is 642. The number of H-pyrrole nitrogens is 1. The van der Waals surface area contributed by atoms with Crippen molar-refractivity contribution in [2.24, 2.45) is 0 Å². The van der Waals surface area contributed by atoms with Crippen LogP contribution in [0.15, 0.2) is 24.4 Å². The van der Waals surface area contributed by atoms with E-state index in [2.05, 4.69) is 4.98 Å². The first-order valence-electron chi connectivity index (χ1n) is 4.95. The minimum absolute atomic E-state index is 0.0318. The Kier molecular flexibility index (Phi) is 3.25. The summed E-state index contributed by atoms with van der Waals surface area (Å²) in [6, 6.07) is 3.60. The standard InChI is InChI=1S/C11H8ClF3N2S/c1-6-5-16-10(18)17(6)9-3-2-7(12)4-8(9)11(13,14)15/h2-5H,1H3,(H,16,18). The SMILES string of the molecule is Cc1c[nH]c(=S)n1-c1ccc(Cl)cc1C(F)(F)F. The first-order chi connectivity index (χ1) is 8.30. The van der Waals surface area contributed by atoms with Crippen LogP contribution in [0.2, 0.25) is 5.02 Å². The van der Waals surface area contributed by atoms with Gasteiger partial charge >= 0.3 is 6.18 Å². The van der Waals surface area contributed by atoms with Crippen molar-refractivity contribution < 1.29 is 13.2 Å². The third kappa shape index (κ3) is 2.30. The van der Waals surface area contributed by atoms with E-state index in [0.29, 0.717) is 5.69 Å². The molecule has 18 heavy (non-hydrogen) atoms. The average molecular weight is 293 g/mol. The highest BCUT2D eigenvalue weighted by Crippen LogP contribution is 2.36. The lowest BCUT2D eigenvalue weighted by Crippen LogP contribution is -2.11. The third-order valence-electron chi connectivity index (χ3n) is 2.47. The zero-order chi connectivity index (χ0) is 13.5. The number of alkyl halides is 3. The average Bonchev–Trinajstić information content (AvgIpc) is 2.58. The number of aromatic nitrogens is 2. The van der Waals surface area contributed by atoms with Crippen molar-refractivity contribution in [3.63, 3.8) is 0 Å². The summed E-state index contributed by atoms with van der Waals surface area (Å²) in [5.74, 6) is 0. The molecule has 0 spiro atoms. The van der Waals surface area contributed by atoms with E-state index >= 15 is 0 Å². The molecular formula is C11H8ClF3N2S. The van der Waals surface area contributed by atoms with Crippen LogP contribution in [0.1, 0.15) is 11.3 Å². The normalized spacial score (nSPS) is 11.8. The van der Waals surface area contributed by atoms with E-state index in [-0.39, 0.29) is 15.5 Å². The first kappa shape index (κ1) is 13.2. The van der Waals surface area contributed by atoms with Crippen molar-refractivity contribution in [2.75, 3.05) is 0 Å². The molecule has 7 heteroatoms. The summed E-state index contributed by atoms with van der Waals surface area (Å²) in [7, 11) is 0. The molecule has 2 nitrogen and oxygen atoms in total. The van der Waals surface area contributed by atoms with E-state index in [1.165, 1.54) is 16.7 Å². The van der Waals surface area contributed by atoms with E-state index in [4.69, 9.17) is 23.8 Å². The molecule has 0 saturated carbocycles. The minimum Gasteiger partial charge on any atom is -0.337 e. The van der Waals surface area contributed by atoms with Crippen LogP contribution in [0.3, 0.4) is 0 Å². The second-order valence-electron chi connectivity index (χ2n) is 3.73. The van der Waals surface area contributed by atoms with Crippen molar-refractivity contribution in [3.8, 4) is 5.69 Å². The number of hydrogen-bond acceptors (Lipinski definition) is 1. The van der Waals surface area contributed by atoms with Crippen molar-refractivity contribution in [1.82, 2.24) is 9.55 Å². The van der Waals surface area contributed by atoms with E-state index < -0.39 is 11.7 Å². The molecule has 1 N–H and O–H groups in total. The quantitative estimate of drug-likeness (QED) is 0.767. The van der Waals surface area contributed by atoms with Crippen LogP contribution in [-0.2, 0) is 6.18 Å². The Hall–Kier alpha value is -1.27. The summed E-state index contributed by atoms with van der Waals surface area (Å²) < 4.78 is 40.4. The molecule has 0 radical (unpaired) electrons. The number of aryl methyl sites for hydroxylation is 1. The number of nitrogens with zero attached hydrogens (tertiary/aromatic N) is 1. The zero-order valence-corrected chi connectivity index (χ0v) is 10.7. The summed E-state index contributed by atoms with van der Waals surface area (Å²) in [6.07, 6.45) is -2.93. The van der Waals surface area contributed by atoms with E-state index in [0.717, 1.165) is 6.07 Å². The molecule has 96 valence electrons. The topological polar surface area (TPSA) is 20.7 Å². The summed E-state index contributed by atoms with van der Waals surface area (Å²) in [5, 5.41) is 0.0331. The maximum Gasteiger partial charge on any atom is 0.418 e. The van der Waals surface area contributed by atoms with Gasteiger partial charge in [0.1, 0.15) is 0 Å². The van der Waals surface area contributed by atoms with Gasteiger partial charge in [-0.15, -0.1) is 0 Å². The molecule has 0 aliphatic rings. The summed E-state index contributed by atoms with van der Waals surface area (Å²) >= 11 is 10.6. The van der Waals surface area contributed by atoms with Gasteiger partial charge in [-0.3, -0.25) is 4.57 Å². The van der Waals surface area contributed by atoms with Gasteiger partial charge < -0.3 is 4.98 Å². The maximum absolute atomic E-state index is 13.0. The van der Waals surface area contributed by atoms with Crippen LogP contribution in [-0.4, -0.2) is 9.55 Å². The van der Waals surface area contributed by atoms with Crippen molar-refractivity contribution in [2.45, 2.75) is 13.1 Å². The molecule has 0 unspecified atom stereocenters. The molecule has 1 heterocycles. The lowest BCUT2D eigenvalue weighted by Gasteiger charge is -2.15. The van der Waals surface area contributed by atoms with Gasteiger partial charge in [-0.05, 0) is 37.3 Å². The van der Waals surface area contributed by atoms with Gasteiger partial charge in [0, 0.05) is 16.9 Å². The Morgan fingerprint density at radius 1 is 1.33 bits per heavy atom. The van der Waals surface area contributed by atoms with Gasteiger partial charge in [0.05, 0.1) is 11.3 Å². The number of halogens is 4. The van der Waals surface area contributed by atoms with Gasteiger partial charge in [0.25, 0.3) is 0 Å². The van der Waals surface area contributed by atoms with Crippen LogP contribution in [0.25, 0.3) is 5.69 Å². The van der Waals surface area contributed by atoms with Crippen LogP contribution < -0.4 is 0 Å². The van der Waals surface area contributed by atoms with Crippen molar-refractivity contribution >= 4 is 23.8 Å². The first-order valence-corrected chi connectivity index (χ1v) is 5.73. The number of hydrogen-bond donors (Lipinski definition) is 1. The lowest BCUT2D eigenvalue weighted by molar-refractivity contribution is -0.137. The summed E-state index contributed by atoms with van der Waals surface area (Å²) in [5.41, 5.74) is -0.253. The molecule has 0 fully saturated rings. The van der Waals surface area contributed by atoms with E-state index in [1.54, 1.807) is 13.1 Å². The molecule has 1 aromatic carbocycles. The molecule has 0 amide bonds. The van der Waals surface area contributed by atoms with Crippen LogP contribution >= 0.6 is 23.8 Å². The molecular weight excluding hydrogens is 285 g/mol. The van der Waals surface area contributed by atoms with Crippen LogP contribution in [0.4, 0.5) is 13.2 Å². The number of benzene rings is 1. The number of rotatable bonds is 1. The molecule has 2 aromatic rings. The second kappa shape index (κ2) is 4.44. The Morgan fingerprint density at radius 2 is 2.00 bits per heavy atom. The fourth-order valence-electron chi connectivity index (χ4n) is 1.69. The Labute approximate surface area is 111 Å². The van der Waals surface area contributed by atoms with Gasteiger partial charge in [-0.1, -0.05) is 11.6 Å². The van der Waals surface area contributed by atoms with Crippen LogP contribution in [0.5, 0.6) is 0 Å². The molecule has 0 aliphatic carbocycles. The van der Waals surface area contributed by atoms with Gasteiger partial charge in [0.2, 0.25) is 0 Å². The predicted octanol–water partition coefficient (Wildman–Crippen LogP) is 4.52. The highest BCUT2D eigenvalue weighted by atomic mass is 35.5. The minimum atomic E-state index is -4.49. The predicted molar refractivity (Wildman–Crippen MR) is 65.7 cm³/mol. The molecule has 0 atom stereocenters. The Balaban J connectivity index is 2.77. The number of nitrogens with one attached hydrogen (secondary N) is 1. The van der Waals surface area contributed by atoms with Crippen molar-refractivity contribution in [1.29, 1.82) is 0 Å². The fraction of sp³-hybridized carbons (Fsp3) is 0.182. The fourth-order valence-corrected chi connectivity index (χ4v) is 2.16. The number of imidazole rings is 1. The van der Waals surface area contributed by atoms with E-state index in [1.807, 2.05) is 0 Å². The smallest absolute Gasteiger partial charge is 0.337 e. The summed E-state index contributed by atoms with van der Waals surface area (Å²) in [4.78, 5) is 2.71. The maximum atomic E-state index is 13.0. The number of aromatic amines is 1. The van der Waals surface area contributed by atoms with E-state index in [9.17, 15) is 13.2 Å². The largest absolute Gasteiger partial charge is 0.418 e. The molecule has 0 aliphatic heterocycles. The molecule has 1 aromatic heterocycles. The summed E-state index contributed by atoms with van der Waals surface area (Å²) in [6.45, 7) is 1.67. The Morgan fingerprint density at radius 3 is 2.50 bits per heavy atom. The second-order valence-corrected chi connectivity index (χ2v) is 4.55. The lowest BCUT2D eigenvalue weighted by atomic mass is 10.1. The highest BCUT2D eigenvalue weighted by molar-refractivity contribution is 7.71. The van der Waals surface area contributed by atoms with Crippen molar-refractivity contribution in [3.05, 3.63) is 45.4 Å². The van der Waals surface area contributed by atoms with Crippen LogP contribution in [0, 0.1) is 11.7 Å². The van der Waals surface area contributed by atoms with Gasteiger partial charge in [-0.25, -0.2) is 0 Å². The van der Waals surface area contributed by atoms with Gasteiger partial charge in [-0.2, -0.15) is 13.2 Å². The third-order valence-corrected chi connectivity index (χ3v) is 3.00. The zero-order valence-electron chi connectivity index (χ0n) is 9.18. The highest BCUT2D eigenvalue weighted by Gasteiger charge is 2.34. The molecule has 2 rings (SSSR count). The molecule has 0 saturated heterocycles. The monoisotopic (exact) mass is 292 g/mol. The van der Waals surface area contributed by atoms with Gasteiger partial charge in [0.15, 0.2) is 4.77 Å².